The second-order valence-electron chi connectivity index (χ2n) is 2.91. The summed E-state index contributed by atoms with van der Waals surface area (Å²) in [6, 6.07) is -1.90. The molecule has 0 heterocycles. The largest absolute Gasteiger partial charge is 0.481 e. The van der Waals surface area contributed by atoms with E-state index in [4.69, 9.17) is 21.8 Å². The van der Waals surface area contributed by atoms with Gasteiger partial charge in [0.1, 0.15) is 6.04 Å². The average molecular weight is 253 g/mol. The van der Waals surface area contributed by atoms with Crippen molar-refractivity contribution in [2.75, 3.05) is 12.4 Å². The SMILES string of the molecule is O=C(O)CCC(NC(=O)NCCCl)C(=O)O. The molecule has 0 aromatic heterocycles. The molecule has 0 aromatic rings. The predicted molar refractivity (Wildman–Crippen MR) is 55.5 cm³/mol. The molecule has 2 amide bonds. The number of carbonyl (C=O) groups is 3. The molecule has 4 N–H and O–H groups in total. The number of rotatable bonds is 7. The van der Waals surface area contributed by atoms with Crippen molar-refractivity contribution in [3.05, 3.63) is 0 Å². The van der Waals surface area contributed by atoms with Crippen LogP contribution in [0.3, 0.4) is 0 Å². The van der Waals surface area contributed by atoms with Crippen molar-refractivity contribution in [2.45, 2.75) is 18.9 Å². The summed E-state index contributed by atoms with van der Waals surface area (Å²) in [6.07, 6.45) is -0.494. The fourth-order valence-corrected chi connectivity index (χ4v) is 0.990. The van der Waals surface area contributed by atoms with Crippen LogP contribution in [0.1, 0.15) is 12.8 Å². The Morgan fingerprint density at radius 3 is 2.31 bits per heavy atom. The summed E-state index contributed by atoms with van der Waals surface area (Å²) in [5, 5.41) is 21.5. The monoisotopic (exact) mass is 252 g/mol. The van der Waals surface area contributed by atoms with Gasteiger partial charge in [0.05, 0.1) is 0 Å². The minimum Gasteiger partial charge on any atom is -0.481 e. The quantitative estimate of drug-likeness (QED) is 0.470. The Kier molecular flexibility index (Phi) is 7.02. The molecule has 7 nitrogen and oxygen atoms in total. The number of aliphatic carboxylic acids is 2. The van der Waals surface area contributed by atoms with Gasteiger partial charge in [0, 0.05) is 18.8 Å². The fourth-order valence-electron chi connectivity index (χ4n) is 0.895. The number of carbonyl (C=O) groups excluding carboxylic acids is 1. The first-order valence-corrected chi connectivity index (χ1v) is 5.05. The Morgan fingerprint density at radius 2 is 1.88 bits per heavy atom. The zero-order valence-electron chi connectivity index (χ0n) is 8.40. The molecule has 8 heteroatoms. The lowest BCUT2D eigenvalue weighted by molar-refractivity contribution is -0.140. The third-order valence-corrected chi connectivity index (χ3v) is 1.82. The number of carboxylic acid groups (broad SMARTS) is 2. The molecule has 1 atom stereocenters. The van der Waals surface area contributed by atoms with E-state index in [1.54, 1.807) is 0 Å². The zero-order valence-corrected chi connectivity index (χ0v) is 9.16. The Balaban J connectivity index is 4.07. The van der Waals surface area contributed by atoms with Gasteiger partial charge < -0.3 is 20.8 Å². The van der Waals surface area contributed by atoms with E-state index in [-0.39, 0.29) is 25.3 Å². The van der Waals surface area contributed by atoms with Crippen molar-refractivity contribution in [3.63, 3.8) is 0 Å². The van der Waals surface area contributed by atoms with Gasteiger partial charge in [-0.1, -0.05) is 0 Å². The highest BCUT2D eigenvalue weighted by Gasteiger charge is 2.20. The fraction of sp³-hybridized carbons (Fsp3) is 0.625. The van der Waals surface area contributed by atoms with E-state index in [2.05, 4.69) is 10.6 Å². The Hall–Kier alpha value is -1.50. The first-order chi connectivity index (χ1) is 7.47. The summed E-state index contributed by atoms with van der Waals surface area (Å²) in [5.41, 5.74) is 0. The third-order valence-electron chi connectivity index (χ3n) is 1.63. The number of urea groups is 1. The number of hydrogen-bond donors (Lipinski definition) is 4. The third kappa shape index (κ3) is 6.88. The van der Waals surface area contributed by atoms with Gasteiger partial charge in [0.2, 0.25) is 0 Å². The Labute approximate surface area is 96.8 Å². The average Bonchev–Trinajstić information content (AvgIpc) is 2.20. The standard InChI is InChI=1S/C8H13ClN2O5/c9-3-4-10-8(16)11-5(7(14)15)1-2-6(12)13/h5H,1-4H2,(H,12,13)(H,14,15)(H2,10,11,16). The maximum atomic E-state index is 11.1. The zero-order chi connectivity index (χ0) is 12.6. The number of halogens is 1. The Bertz CT molecular complexity index is 271. The molecule has 0 aliphatic heterocycles. The molecule has 0 radical (unpaired) electrons. The summed E-state index contributed by atoms with van der Waals surface area (Å²) >= 11 is 5.31. The van der Waals surface area contributed by atoms with Crippen molar-refractivity contribution in [2.24, 2.45) is 0 Å². The van der Waals surface area contributed by atoms with Crippen LogP contribution in [-0.2, 0) is 9.59 Å². The lowest BCUT2D eigenvalue weighted by atomic mass is 10.1. The van der Waals surface area contributed by atoms with E-state index in [1.807, 2.05) is 0 Å². The van der Waals surface area contributed by atoms with Crippen molar-refractivity contribution in [1.29, 1.82) is 0 Å². The summed E-state index contributed by atoms with van der Waals surface area (Å²) in [4.78, 5) is 32.0. The maximum absolute atomic E-state index is 11.1. The van der Waals surface area contributed by atoms with Gasteiger partial charge in [-0.05, 0) is 6.42 Å². The summed E-state index contributed by atoms with van der Waals surface area (Å²) in [6.45, 7) is 0.207. The van der Waals surface area contributed by atoms with Gasteiger partial charge in [-0.25, -0.2) is 9.59 Å². The van der Waals surface area contributed by atoms with Gasteiger partial charge in [-0.2, -0.15) is 0 Å². The minimum atomic E-state index is -1.28. The molecule has 0 fully saturated rings. The highest BCUT2D eigenvalue weighted by molar-refractivity contribution is 6.18. The van der Waals surface area contributed by atoms with E-state index in [0.717, 1.165) is 0 Å². The van der Waals surface area contributed by atoms with Crippen molar-refractivity contribution in [3.8, 4) is 0 Å². The van der Waals surface area contributed by atoms with E-state index in [9.17, 15) is 14.4 Å². The normalized spacial score (nSPS) is 11.6. The molecule has 0 aliphatic rings. The summed E-state index contributed by atoms with van der Waals surface area (Å²) in [7, 11) is 0. The van der Waals surface area contributed by atoms with Gasteiger partial charge >= 0.3 is 18.0 Å². The van der Waals surface area contributed by atoms with E-state index in [1.165, 1.54) is 0 Å². The molecular formula is C8H13ClN2O5. The smallest absolute Gasteiger partial charge is 0.326 e. The lowest BCUT2D eigenvalue weighted by Crippen LogP contribution is -2.46. The predicted octanol–water partition coefficient (Wildman–Crippen LogP) is -0.158. The van der Waals surface area contributed by atoms with E-state index < -0.39 is 24.0 Å². The van der Waals surface area contributed by atoms with Gasteiger partial charge in [-0.15, -0.1) is 11.6 Å². The van der Waals surface area contributed by atoms with Gasteiger partial charge in [-0.3, -0.25) is 4.79 Å². The second kappa shape index (κ2) is 7.75. The van der Waals surface area contributed by atoms with Crippen LogP contribution in [0.2, 0.25) is 0 Å². The van der Waals surface area contributed by atoms with Crippen LogP contribution in [0.15, 0.2) is 0 Å². The molecule has 1 unspecified atom stereocenters. The molecular weight excluding hydrogens is 240 g/mol. The first kappa shape index (κ1) is 14.5. The molecule has 0 bridgehead atoms. The molecule has 16 heavy (non-hydrogen) atoms. The molecule has 0 saturated carbocycles. The van der Waals surface area contributed by atoms with Gasteiger partial charge in [0.15, 0.2) is 0 Å². The topological polar surface area (TPSA) is 116 Å². The van der Waals surface area contributed by atoms with Crippen LogP contribution in [-0.4, -0.2) is 46.6 Å². The lowest BCUT2D eigenvalue weighted by Gasteiger charge is -2.13. The molecule has 92 valence electrons. The van der Waals surface area contributed by atoms with Crippen molar-refractivity contribution < 1.29 is 24.6 Å². The van der Waals surface area contributed by atoms with Crippen molar-refractivity contribution in [1.82, 2.24) is 10.6 Å². The van der Waals surface area contributed by atoms with Crippen LogP contribution >= 0.6 is 11.6 Å². The molecule has 0 spiro atoms. The highest BCUT2D eigenvalue weighted by atomic mass is 35.5. The molecule has 0 rings (SSSR count). The van der Waals surface area contributed by atoms with Crippen LogP contribution in [0, 0.1) is 0 Å². The minimum absolute atomic E-state index is 0.168. The van der Waals surface area contributed by atoms with Crippen molar-refractivity contribution >= 4 is 29.6 Å². The first-order valence-electron chi connectivity index (χ1n) is 4.52. The highest BCUT2D eigenvalue weighted by Crippen LogP contribution is 1.97. The second-order valence-corrected chi connectivity index (χ2v) is 3.29. The van der Waals surface area contributed by atoms with Crippen LogP contribution in [0.25, 0.3) is 0 Å². The molecule has 0 aromatic carbocycles. The van der Waals surface area contributed by atoms with Gasteiger partial charge in [0.25, 0.3) is 0 Å². The maximum Gasteiger partial charge on any atom is 0.326 e. The molecule has 0 aliphatic carbocycles. The van der Waals surface area contributed by atoms with Crippen LogP contribution in [0.4, 0.5) is 4.79 Å². The number of carboxylic acids is 2. The van der Waals surface area contributed by atoms with Crippen LogP contribution < -0.4 is 10.6 Å². The number of alkyl halides is 1. The molecule has 0 saturated heterocycles. The Morgan fingerprint density at radius 1 is 1.25 bits per heavy atom. The van der Waals surface area contributed by atoms with E-state index >= 15 is 0 Å². The van der Waals surface area contributed by atoms with Crippen LogP contribution in [0.5, 0.6) is 0 Å². The van der Waals surface area contributed by atoms with E-state index in [0.29, 0.717) is 0 Å². The number of hydrogen-bond acceptors (Lipinski definition) is 3. The number of amides is 2. The number of nitrogens with one attached hydrogen (secondary N) is 2. The summed E-state index contributed by atoms with van der Waals surface area (Å²) < 4.78 is 0. The summed E-state index contributed by atoms with van der Waals surface area (Å²) in [5.74, 6) is -2.18.